The van der Waals surface area contributed by atoms with Crippen molar-refractivity contribution in [3.8, 4) is 0 Å². The summed E-state index contributed by atoms with van der Waals surface area (Å²) in [5.74, 6) is -0.00617. The summed E-state index contributed by atoms with van der Waals surface area (Å²) in [5, 5.41) is 0. The fraction of sp³-hybridized carbons (Fsp3) is 0.632. The summed E-state index contributed by atoms with van der Waals surface area (Å²) < 4.78 is 14.4. The van der Waals surface area contributed by atoms with Crippen LogP contribution in [0.3, 0.4) is 0 Å². The summed E-state index contributed by atoms with van der Waals surface area (Å²) >= 11 is 0. The van der Waals surface area contributed by atoms with E-state index < -0.39 is 0 Å². The monoisotopic (exact) mass is 305 g/mol. The molecule has 1 aromatic carbocycles. The van der Waals surface area contributed by atoms with Crippen LogP contribution in [0.4, 0.5) is 4.39 Å². The van der Waals surface area contributed by atoms with Gasteiger partial charge in [-0.25, -0.2) is 4.39 Å². The molecule has 0 aromatic heterocycles. The standard InChI is InChI=1S/C19H28FNO/c1-13-10-15(11-16(20)18(13)19(3,4)5)12-17(22)14(2)21-8-6-7-9-21/h10-11,14H,6-9,12H2,1-5H3. The zero-order valence-corrected chi connectivity index (χ0v) is 14.5. The summed E-state index contributed by atoms with van der Waals surface area (Å²) in [4.78, 5) is 14.7. The number of carbonyl (C=O) groups is 1. The van der Waals surface area contributed by atoms with E-state index in [1.807, 2.05) is 40.7 Å². The molecule has 0 N–H and O–H groups in total. The third-order valence-electron chi connectivity index (χ3n) is 4.63. The Morgan fingerprint density at radius 1 is 1.27 bits per heavy atom. The molecule has 1 heterocycles. The van der Waals surface area contributed by atoms with Crippen LogP contribution in [0, 0.1) is 12.7 Å². The van der Waals surface area contributed by atoms with E-state index in [2.05, 4.69) is 4.90 Å². The first-order chi connectivity index (χ1) is 10.2. The van der Waals surface area contributed by atoms with Crippen molar-refractivity contribution < 1.29 is 9.18 Å². The Bertz CT molecular complexity index is 530. The predicted molar refractivity (Wildman–Crippen MR) is 88.8 cm³/mol. The van der Waals surface area contributed by atoms with Crippen LogP contribution in [-0.4, -0.2) is 29.8 Å². The van der Waals surface area contributed by atoms with Crippen molar-refractivity contribution in [3.63, 3.8) is 0 Å². The fourth-order valence-electron chi connectivity index (χ4n) is 3.55. The molecule has 0 radical (unpaired) electrons. The van der Waals surface area contributed by atoms with Crippen molar-refractivity contribution in [3.05, 3.63) is 34.6 Å². The van der Waals surface area contributed by atoms with Crippen LogP contribution in [-0.2, 0) is 16.6 Å². The molecule has 0 bridgehead atoms. The SMILES string of the molecule is Cc1cc(CC(=O)C(C)N2CCCC2)cc(F)c1C(C)(C)C. The molecule has 0 saturated carbocycles. The first-order valence-corrected chi connectivity index (χ1v) is 8.26. The van der Waals surface area contributed by atoms with Gasteiger partial charge in [0.25, 0.3) is 0 Å². The Kier molecular flexibility index (Phi) is 5.06. The molecule has 1 unspecified atom stereocenters. The number of nitrogens with zero attached hydrogens (tertiary/aromatic N) is 1. The highest BCUT2D eigenvalue weighted by Crippen LogP contribution is 2.29. The third kappa shape index (κ3) is 3.75. The predicted octanol–water partition coefficient (Wildman–Crippen LogP) is 4.03. The molecule has 0 amide bonds. The van der Waals surface area contributed by atoms with Gasteiger partial charge in [-0.05, 0) is 68.0 Å². The van der Waals surface area contributed by atoms with Gasteiger partial charge in [-0.15, -0.1) is 0 Å². The molecule has 0 spiro atoms. The van der Waals surface area contributed by atoms with Crippen LogP contribution in [0.15, 0.2) is 12.1 Å². The molecular formula is C19H28FNO. The fourth-order valence-corrected chi connectivity index (χ4v) is 3.55. The molecule has 1 aliphatic rings. The molecule has 1 aromatic rings. The lowest BCUT2D eigenvalue weighted by atomic mass is 9.82. The number of aryl methyl sites for hydroxylation is 1. The van der Waals surface area contributed by atoms with E-state index in [1.165, 1.54) is 12.8 Å². The van der Waals surface area contributed by atoms with Crippen LogP contribution in [0.1, 0.15) is 57.2 Å². The highest BCUT2D eigenvalue weighted by molar-refractivity contribution is 5.85. The van der Waals surface area contributed by atoms with Gasteiger partial charge in [0.2, 0.25) is 0 Å². The lowest BCUT2D eigenvalue weighted by Gasteiger charge is -2.24. The molecule has 2 nitrogen and oxygen atoms in total. The molecule has 1 atom stereocenters. The molecule has 1 fully saturated rings. The zero-order chi connectivity index (χ0) is 16.5. The largest absolute Gasteiger partial charge is 0.298 e. The van der Waals surface area contributed by atoms with E-state index in [4.69, 9.17) is 0 Å². The Morgan fingerprint density at radius 2 is 1.86 bits per heavy atom. The van der Waals surface area contributed by atoms with Crippen molar-refractivity contribution in [2.45, 2.75) is 65.3 Å². The van der Waals surface area contributed by atoms with Gasteiger partial charge in [0.1, 0.15) is 5.82 Å². The van der Waals surface area contributed by atoms with E-state index in [0.29, 0.717) is 6.42 Å². The maximum absolute atomic E-state index is 14.4. The second kappa shape index (κ2) is 6.49. The van der Waals surface area contributed by atoms with Crippen LogP contribution >= 0.6 is 0 Å². The molecule has 1 saturated heterocycles. The normalized spacial score (nSPS) is 17.7. The van der Waals surface area contributed by atoms with Gasteiger partial charge in [0.15, 0.2) is 5.78 Å². The number of halogens is 1. The van der Waals surface area contributed by atoms with Gasteiger partial charge < -0.3 is 0 Å². The first-order valence-electron chi connectivity index (χ1n) is 8.26. The first kappa shape index (κ1) is 17.1. The van der Waals surface area contributed by atoms with E-state index in [0.717, 1.165) is 29.8 Å². The van der Waals surface area contributed by atoms with Gasteiger partial charge in [-0.1, -0.05) is 26.8 Å². The summed E-state index contributed by atoms with van der Waals surface area (Å²) in [6.07, 6.45) is 2.66. The van der Waals surface area contributed by atoms with Gasteiger partial charge >= 0.3 is 0 Å². The minimum atomic E-state index is -0.223. The number of benzene rings is 1. The Labute approximate surface area is 133 Å². The number of hydrogen-bond acceptors (Lipinski definition) is 2. The molecular weight excluding hydrogens is 277 g/mol. The Morgan fingerprint density at radius 3 is 2.36 bits per heavy atom. The number of Topliss-reactive ketones (excluding diaryl/α,β-unsaturated/α-hetero) is 1. The lowest BCUT2D eigenvalue weighted by Crippen LogP contribution is -2.37. The quantitative estimate of drug-likeness (QED) is 0.837. The Balaban J connectivity index is 2.15. The topological polar surface area (TPSA) is 20.3 Å². The summed E-state index contributed by atoms with van der Waals surface area (Å²) in [7, 11) is 0. The average molecular weight is 305 g/mol. The molecule has 2 rings (SSSR count). The molecule has 122 valence electrons. The summed E-state index contributed by atoms with van der Waals surface area (Å²) in [6, 6.07) is 3.45. The van der Waals surface area contributed by atoms with Gasteiger partial charge in [0.05, 0.1) is 6.04 Å². The Hall–Kier alpha value is -1.22. The van der Waals surface area contributed by atoms with Gasteiger partial charge in [-0.2, -0.15) is 0 Å². The second-order valence-electron chi connectivity index (χ2n) is 7.58. The smallest absolute Gasteiger partial charge is 0.154 e. The maximum atomic E-state index is 14.4. The average Bonchev–Trinajstić information content (AvgIpc) is 2.88. The number of likely N-dealkylation sites (tertiary alicyclic amines) is 1. The van der Waals surface area contributed by atoms with Gasteiger partial charge in [-0.3, -0.25) is 9.69 Å². The van der Waals surface area contributed by atoms with E-state index >= 15 is 0 Å². The minimum absolute atomic E-state index is 0.0619. The number of ketones is 1. The molecule has 3 heteroatoms. The van der Waals surface area contributed by atoms with Crippen molar-refractivity contribution in [2.24, 2.45) is 0 Å². The van der Waals surface area contributed by atoms with Crippen LogP contribution in [0.2, 0.25) is 0 Å². The van der Waals surface area contributed by atoms with Crippen molar-refractivity contribution >= 4 is 5.78 Å². The van der Waals surface area contributed by atoms with Crippen molar-refractivity contribution in [1.29, 1.82) is 0 Å². The molecule has 0 aliphatic carbocycles. The van der Waals surface area contributed by atoms with Crippen LogP contribution < -0.4 is 0 Å². The summed E-state index contributed by atoms with van der Waals surface area (Å²) in [6.45, 7) is 11.9. The third-order valence-corrected chi connectivity index (χ3v) is 4.63. The van der Waals surface area contributed by atoms with Crippen molar-refractivity contribution in [1.82, 2.24) is 4.90 Å². The van der Waals surface area contributed by atoms with Crippen molar-refractivity contribution in [2.75, 3.05) is 13.1 Å². The minimum Gasteiger partial charge on any atom is -0.298 e. The van der Waals surface area contributed by atoms with Gasteiger partial charge in [0, 0.05) is 6.42 Å². The van der Waals surface area contributed by atoms with E-state index in [-0.39, 0.29) is 23.1 Å². The van der Waals surface area contributed by atoms with Crippen LogP contribution in [0.25, 0.3) is 0 Å². The lowest BCUT2D eigenvalue weighted by molar-refractivity contribution is -0.122. The summed E-state index contributed by atoms with van der Waals surface area (Å²) in [5.41, 5.74) is 2.25. The van der Waals surface area contributed by atoms with E-state index in [1.54, 1.807) is 6.07 Å². The molecule has 22 heavy (non-hydrogen) atoms. The second-order valence-corrected chi connectivity index (χ2v) is 7.58. The number of carbonyl (C=O) groups excluding carboxylic acids is 1. The zero-order valence-electron chi connectivity index (χ0n) is 14.5. The highest BCUT2D eigenvalue weighted by atomic mass is 19.1. The van der Waals surface area contributed by atoms with Crippen LogP contribution in [0.5, 0.6) is 0 Å². The van der Waals surface area contributed by atoms with E-state index in [9.17, 15) is 9.18 Å². The molecule has 1 aliphatic heterocycles. The number of hydrogen-bond donors (Lipinski definition) is 0. The number of rotatable bonds is 4. The maximum Gasteiger partial charge on any atom is 0.154 e. The highest BCUT2D eigenvalue weighted by Gasteiger charge is 2.25.